The Balaban J connectivity index is 1.95. The van der Waals surface area contributed by atoms with E-state index in [1.54, 1.807) is 12.1 Å². The van der Waals surface area contributed by atoms with E-state index < -0.39 is 0 Å². The van der Waals surface area contributed by atoms with E-state index >= 15 is 0 Å². The van der Waals surface area contributed by atoms with E-state index in [9.17, 15) is 4.39 Å². The lowest BCUT2D eigenvalue weighted by Crippen LogP contribution is -2.50. The maximum atomic E-state index is 12.9. The van der Waals surface area contributed by atoms with Crippen LogP contribution in [0.25, 0.3) is 0 Å². The average Bonchev–Trinajstić information content (AvgIpc) is 2.33. The van der Waals surface area contributed by atoms with Crippen molar-refractivity contribution in [2.24, 2.45) is 0 Å². The minimum Gasteiger partial charge on any atom is -0.314 e. The van der Waals surface area contributed by atoms with Gasteiger partial charge in [-0.05, 0) is 30.5 Å². The minimum atomic E-state index is -0.156. The van der Waals surface area contributed by atoms with Crippen molar-refractivity contribution in [2.75, 3.05) is 26.2 Å². The minimum absolute atomic E-state index is 0.156. The second-order valence-electron chi connectivity index (χ2n) is 5.00. The second-order valence-corrected chi connectivity index (χ2v) is 5.00. The van der Waals surface area contributed by atoms with Crippen molar-refractivity contribution in [3.05, 3.63) is 35.6 Å². The van der Waals surface area contributed by atoms with E-state index in [-0.39, 0.29) is 5.82 Å². The number of hydrogen-bond donors (Lipinski definition) is 1. The van der Waals surface area contributed by atoms with Gasteiger partial charge in [0.05, 0.1) is 0 Å². The summed E-state index contributed by atoms with van der Waals surface area (Å²) in [6.07, 6.45) is 0. The number of benzene rings is 1. The third-order valence-electron chi connectivity index (χ3n) is 3.59. The van der Waals surface area contributed by atoms with E-state index in [0.717, 1.165) is 26.2 Å². The first-order chi connectivity index (χ1) is 8.16. The summed E-state index contributed by atoms with van der Waals surface area (Å²) in [7, 11) is 0. The summed E-state index contributed by atoms with van der Waals surface area (Å²) in [5.74, 6) is 0.299. The molecule has 1 saturated heterocycles. The molecule has 1 aliphatic heterocycles. The molecular formula is C14H21FN2. The van der Waals surface area contributed by atoms with Gasteiger partial charge in [0, 0.05) is 32.2 Å². The van der Waals surface area contributed by atoms with Crippen molar-refractivity contribution in [1.82, 2.24) is 10.2 Å². The van der Waals surface area contributed by atoms with Crippen LogP contribution >= 0.6 is 0 Å². The Kier molecular flexibility index (Phi) is 4.13. The van der Waals surface area contributed by atoms with Crippen LogP contribution < -0.4 is 5.32 Å². The highest BCUT2D eigenvalue weighted by Crippen LogP contribution is 2.18. The van der Waals surface area contributed by atoms with Gasteiger partial charge < -0.3 is 5.32 Å². The van der Waals surface area contributed by atoms with Gasteiger partial charge in [-0.15, -0.1) is 0 Å². The number of halogens is 1. The molecular weight excluding hydrogens is 215 g/mol. The third-order valence-corrected chi connectivity index (χ3v) is 3.59. The highest BCUT2D eigenvalue weighted by molar-refractivity contribution is 5.20. The predicted octanol–water partition coefficient (Wildman–Crippen LogP) is 2.22. The van der Waals surface area contributed by atoms with E-state index in [2.05, 4.69) is 24.1 Å². The topological polar surface area (TPSA) is 15.3 Å². The molecule has 1 aliphatic rings. The van der Waals surface area contributed by atoms with E-state index in [1.165, 1.54) is 5.56 Å². The third kappa shape index (κ3) is 3.27. The number of hydrogen-bond acceptors (Lipinski definition) is 2. The average molecular weight is 236 g/mol. The zero-order valence-corrected chi connectivity index (χ0v) is 10.6. The normalized spacial score (nSPS) is 23.6. The van der Waals surface area contributed by atoms with Gasteiger partial charge in [-0.1, -0.05) is 19.1 Å². The Morgan fingerprint density at radius 1 is 1.41 bits per heavy atom. The molecule has 0 aromatic heterocycles. The number of nitrogens with zero attached hydrogens (tertiary/aromatic N) is 1. The molecule has 0 aliphatic carbocycles. The van der Waals surface area contributed by atoms with Crippen LogP contribution in [0.15, 0.2) is 24.3 Å². The summed E-state index contributed by atoms with van der Waals surface area (Å²) >= 11 is 0. The quantitative estimate of drug-likeness (QED) is 0.865. The van der Waals surface area contributed by atoms with Crippen molar-refractivity contribution in [3.8, 4) is 0 Å². The van der Waals surface area contributed by atoms with Crippen LogP contribution in [-0.2, 0) is 0 Å². The molecule has 0 radical (unpaired) electrons. The molecule has 2 rings (SSSR count). The van der Waals surface area contributed by atoms with Gasteiger partial charge in [-0.2, -0.15) is 0 Å². The van der Waals surface area contributed by atoms with Crippen LogP contribution in [-0.4, -0.2) is 37.1 Å². The highest BCUT2D eigenvalue weighted by atomic mass is 19.1. The molecule has 0 spiro atoms. The molecule has 94 valence electrons. The lowest BCUT2D eigenvalue weighted by molar-refractivity contribution is 0.166. The second kappa shape index (κ2) is 5.61. The molecule has 0 bridgehead atoms. The van der Waals surface area contributed by atoms with Gasteiger partial charge in [0.2, 0.25) is 0 Å². The Morgan fingerprint density at radius 2 is 2.12 bits per heavy atom. The number of piperazine rings is 1. The molecule has 3 heteroatoms. The van der Waals surface area contributed by atoms with E-state index in [0.29, 0.717) is 12.0 Å². The summed E-state index contributed by atoms with van der Waals surface area (Å²) in [5.41, 5.74) is 1.22. The summed E-state index contributed by atoms with van der Waals surface area (Å²) in [6.45, 7) is 8.75. The fraction of sp³-hybridized carbons (Fsp3) is 0.571. The van der Waals surface area contributed by atoms with Crippen molar-refractivity contribution < 1.29 is 4.39 Å². The molecule has 0 saturated carbocycles. The van der Waals surface area contributed by atoms with E-state index in [4.69, 9.17) is 0 Å². The first-order valence-corrected chi connectivity index (χ1v) is 6.37. The molecule has 2 atom stereocenters. The van der Waals surface area contributed by atoms with Crippen LogP contribution in [0.5, 0.6) is 0 Å². The van der Waals surface area contributed by atoms with Gasteiger partial charge in [0.1, 0.15) is 5.82 Å². The van der Waals surface area contributed by atoms with Crippen LogP contribution in [0.2, 0.25) is 0 Å². The standard InChI is InChI=1S/C14H21FN2/c1-11(13-3-5-14(15)6-4-13)10-17-8-7-16-9-12(17)2/h3-6,11-12,16H,7-10H2,1-2H3. The summed E-state index contributed by atoms with van der Waals surface area (Å²) in [5, 5.41) is 3.39. The smallest absolute Gasteiger partial charge is 0.123 e. The van der Waals surface area contributed by atoms with Crippen molar-refractivity contribution in [3.63, 3.8) is 0 Å². The SMILES string of the molecule is CC(CN1CCNCC1C)c1ccc(F)cc1. The van der Waals surface area contributed by atoms with Crippen molar-refractivity contribution in [2.45, 2.75) is 25.8 Å². The monoisotopic (exact) mass is 236 g/mol. The molecule has 2 nitrogen and oxygen atoms in total. The van der Waals surface area contributed by atoms with Crippen molar-refractivity contribution in [1.29, 1.82) is 0 Å². The fourth-order valence-corrected chi connectivity index (χ4v) is 2.40. The molecule has 1 aromatic rings. The van der Waals surface area contributed by atoms with Gasteiger partial charge in [0.15, 0.2) is 0 Å². The van der Waals surface area contributed by atoms with Gasteiger partial charge >= 0.3 is 0 Å². The van der Waals surface area contributed by atoms with Gasteiger partial charge in [-0.3, -0.25) is 4.90 Å². The number of nitrogens with one attached hydrogen (secondary N) is 1. The molecule has 2 unspecified atom stereocenters. The highest BCUT2D eigenvalue weighted by Gasteiger charge is 2.20. The predicted molar refractivity (Wildman–Crippen MR) is 68.7 cm³/mol. The molecule has 1 fully saturated rings. The maximum Gasteiger partial charge on any atom is 0.123 e. The fourth-order valence-electron chi connectivity index (χ4n) is 2.40. The van der Waals surface area contributed by atoms with Crippen LogP contribution in [0.1, 0.15) is 25.3 Å². The van der Waals surface area contributed by atoms with Crippen LogP contribution in [0.3, 0.4) is 0 Å². The largest absolute Gasteiger partial charge is 0.314 e. The Hall–Kier alpha value is -0.930. The molecule has 17 heavy (non-hydrogen) atoms. The molecule has 1 aromatic carbocycles. The van der Waals surface area contributed by atoms with Crippen molar-refractivity contribution >= 4 is 0 Å². The zero-order valence-electron chi connectivity index (χ0n) is 10.6. The van der Waals surface area contributed by atoms with E-state index in [1.807, 2.05) is 12.1 Å². The zero-order chi connectivity index (χ0) is 12.3. The lowest BCUT2D eigenvalue weighted by atomic mass is 9.99. The maximum absolute atomic E-state index is 12.9. The number of rotatable bonds is 3. The van der Waals surface area contributed by atoms with Gasteiger partial charge in [-0.25, -0.2) is 4.39 Å². The van der Waals surface area contributed by atoms with Crippen LogP contribution in [0.4, 0.5) is 4.39 Å². The first-order valence-electron chi connectivity index (χ1n) is 6.37. The Morgan fingerprint density at radius 3 is 2.76 bits per heavy atom. The lowest BCUT2D eigenvalue weighted by Gasteiger charge is -2.35. The molecule has 1 N–H and O–H groups in total. The first kappa shape index (κ1) is 12.5. The summed E-state index contributed by atoms with van der Waals surface area (Å²) < 4.78 is 12.9. The summed E-state index contributed by atoms with van der Waals surface area (Å²) in [6, 6.07) is 7.48. The summed E-state index contributed by atoms with van der Waals surface area (Å²) in [4.78, 5) is 2.50. The molecule has 1 heterocycles. The van der Waals surface area contributed by atoms with Gasteiger partial charge in [0.25, 0.3) is 0 Å². The Bertz CT molecular complexity index is 350. The Labute approximate surface area is 103 Å². The molecule has 0 amide bonds. The van der Waals surface area contributed by atoms with Crippen LogP contribution in [0, 0.1) is 5.82 Å².